The van der Waals surface area contributed by atoms with Gasteiger partial charge >= 0.3 is 11.8 Å². The number of likely N-dealkylation sites (tertiary alicyclic amines) is 1. The molecule has 0 unspecified atom stereocenters. The van der Waals surface area contributed by atoms with Crippen LogP contribution in [0.1, 0.15) is 44.1 Å². The molecule has 6 heteroatoms. The number of hydrogen-bond donors (Lipinski definition) is 2. The molecule has 2 fully saturated rings. The van der Waals surface area contributed by atoms with Crippen molar-refractivity contribution in [1.82, 2.24) is 10.2 Å². The van der Waals surface area contributed by atoms with Crippen LogP contribution < -0.4 is 10.6 Å². The highest BCUT2D eigenvalue weighted by Crippen LogP contribution is 2.27. The predicted molar refractivity (Wildman–Crippen MR) is 104 cm³/mol. The van der Waals surface area contributed by atoms with Crippen LogP contribution in [0.25, 0.3) is 0 Å². The van der Waals surface area contributed by atoms with E-state index >= 15 is 0 Å². The average Bonchev–Trinajstić information content (AvgIpc) is 3.18. The molecule has 2 N–H and O–H groups in total. The van der Waals surface area contributed by atoms with Crippen LogP contribution in [0.5, 0.6) is 0 Å². The third-order valence-electron chi connectivity index (χ3n) is 5.68. The average molecular weight is 378 g/mol. The molecule has 1 saturated carbocycles. The minimum Gasteiger partial charge on any atom is -0.348 e. The first-order valence-corrected chi connectivity index (χ1v) is 10.00. The highest BCUT2D eigenvalue weighted by atomic mass is 35.5. The molecule has 0 atom stereocenters. The Bertz CT molecular complexity index is 650. The fourth-order valence-corrected chi connectivity index (χ4v) is 4.15. The number of anilines is 1. The Labute approximate surface area is 160 Å². The Morgan fingerprint density at radius 2 is 1.81 bits per heavy atom. The molecule has 3 rings (SSSR count). The molecular formula is C20H28ClN3O2. The number of hydrogen-bond acceptors (Lipinski definition) is 3. The third-order valence-corrected chi connectivity index (χ3v) is 6.08. The highest BCUT2D eigenvalue weighted by molar-refractivity contribution is 6.39. The van der Waals surface area contributed by atoms with Crippen molar-refractivity contribution in [1.29, 1.82) is 0 Å². The Morgan fingerprint density at radius 1 is 1.12 bits per heavy atom. The molecule has 2 aliphatic rings. The van der Waals surface area contributed by atoms with Crippen LogP contribution in [-0.2, 0) is 9.59 Å². The second-order valence-corrected chi connectivity index (χ2v) is 7.95. The van der Waals surface area contributed by atoms with E-state index in [-0.39, 0.29) is 0 Å². The van der Waals surface area contributed by atoms with E-state index in [1.807, 2.05) is 13.0 Å². The van der Waals surface area contributed by atoms with E-state index in [1.54, 1.807) is 12.1 Å². The zero-order valence-electron chi connectivity index (χ0n) is 15.4. The number of benzene rings is 1. The summed E-state index contributed by atoms with van der Waals surface area (Å²) in [6.07, 6.45) is 7.58. The summed E-state index contributed by atoms with van der Waals surface area (Å²) in [5.41, 5.74) is 1.46. The predicted octanol–water partition coefficient (Wildman–Crippen LogP) is 3.36. The molecule has 1 aromatic carbocycles. The lowest BCUT2D eigenvalue weighted by molar-refractivity contribution is -0.136. The maximum Gasteiger partial charge on any atom is 0.313 e. The maximum absolute atomic E-state index is 12.0. The van der Waals surface area contributed by atoms with E-state index in [0.29, 0.717) is 23.2 Å². The van der Waals surface area contributed by atoms with Gasteiger partial charge in [-0.3, -0.25) is 9.59 Å². The minimum atomic E-state index is -0.645. The van der Waals surface area contributed by atoms with E-state index in [9.17, 15) is 9.59 Å². The Balaban J connectivity index is 1.39. The summed E-state index contributed by atoms with van der Waals surface area (Å²) in [6, 6.07) is 5.98. The summed E-state index contributed by atoms with van der Waals surface area (Å²) >= 11 is 6.04. The van der Waals surface area contributed by atoms with Gasteiger partial charge in [0.05, 0.1) is 0 Å². The first-order chi connectivity index (χ1) is 12.5. The van der Waals surface area contributed by atoms with Crippen molar-refractivity contribution in [2.75, 3.05) is 25.0 Å². The summed E-state index contributed by atoms with van der Waals surface area (Å²) in [5, 5.41) is 5.95. The molecule has 2 amide bonds. The quantitative estimate of drug-likeness (QED) is 0.791. The Kier molecular flexibility index (Phi) is 6.54. The van der Waals surface area contributed by atoms with E-state index < -0.39 is 11.8 Å². The van der Waals surface area contributed by atoms with Crippen LogP contribution in [-0.4, -0.2) is 42.4 Å². The van der Waals surface area contributed by atoms with Crippen molar-refractivity contribution in [3.8, 4) is 0 Å². The van der Waals surface area contributed by atoms with Gasteiger partial charge in [-0.05, 0) is 69.3 Å². The van der Waals surface area contributed by atoms with Crippen LogP contribution in [0, 0.1) is 12.8 Å². The Morgan fingerprint density at radius 3 is 2.46 bits per heavy atom. The second kappa shape index (κ2) is 8.87. The molecule has 0 bridgehead atoms. The fourth-order valence-electron chi connectivity index (χ4n) is 3.97. The first kappa shape index (κ1) is 19.2. The lowest BCUT2D eigenvalue weighted by atomic mass is 9.95. The molecule has 0 radical (unpaired) electrons. The van der Waals surface area contributed by atoms with Crippen LogP contribution in [0.15, 0.2) is 18.2 Å². The van der Waals surface area contributed by atoms with Gasteiger partial charge in [-0.1, -0.05) is 30.5 Å². The topological polar surface area (TPSA) is 61.4 Å². The van der Waals surface area contributed by atoms with Crippen molar-refractivity contribution in [2.45, 2.75) is 51.5 Å². The molecule has 5 nitrogen and oxygen atoms in total. The summed E-state index contributed by atoms with van der Waals surface area (Å²) in [4.78, 5) is 26.7. The molecule has 1 aliphatic heterocycles. The van der Waals surface area contributed by atoms with Gasteiger partial charge in [-0.25, -0.2) is 0 Å². The number of aryl methyl sites for hydroxylation is 1. The molecule has 26 heavy (non-hydrogen) atoms. The zero-order chi connectivity index (χ0) is 18.5. The largest absolute Gasteiger partial charge is 0.348 e. The van der Waals surface area contributed by atoms with Gasteiger partial charge in [0.15, 0.2) is 0 Å². The monoisotopic (exact) mass is 377 g/mol. The zero-order valence-corrected chi connectivity index (χ0v) is 16.1. The van der Waals surface area contributed by atoms with Gasteiger partial charge in [-0.15, -0.1) is 0 Å². The van der Waals surface area contributed by atoms with Crippen molar-refractivity contribution in [3.05, 3.63) is 28.8 Å². The molecule has 142 valence electrons. The van der Waals surface area contributed by atoms with Gasteiger partial charge < -0.3 is 15.5 Å². The van der Waals surface area contributed by atoms with Crippen LogP contribution in [0.3, 0.4) is 0 Å². The highest BCUT2D eigenvalue weighted by Gasteiger charge is 2.27. The van der Waals surface area contributed by atoms with E-state index in [1.165, 1.54) is 25.7 Å². The van der Waals surface area contributed by atoms with Crippen LogP contribution in [0.4, 0.5) is 5.69 Å². The maximum atomic E-state index is 12.0. The molecule has 0 spiro atoms. The lowest BCUT2D eigenvalue weighted by Crippen LogP contribution is -2.44. The van der Waals surface area contributed by atoms with Crippen molar-refractivity contribution >= 4 is 29.1 Å². The minimum absolute atomic E-state index is 0.457. The first-order valence-electron chi connectivity index (χ1n) is 9.62. The van der Waals surface area contributed by atoms with Gasteiger partial charge in [0.1, 0.15) is 0 Å². The van der Waals surface area contributed by atoms with Crippen molar-refractivity contribution < 1.29 is 9.59 Å². The SMILES string of the molecule is Cc1ccc(NC(=O)C(=O)NCC2CCN(C3CCCC3)CC2)cc1Cl. The molecule has 1 saturated heterocycles. The molecule has 1 aliphatic carbocycles. The van der Waals surface area contributed by atoms with Crippen molar-refractivity contribution in [2.24, 2.45) is 5.92 Å². The number of piperidine rings is 1. The number of rotatable bonds is 4. The number of nitrogens with one attached hydrogen (secondary N) is 2. The normalized spacial score (nSPS) is 19.5. The van der Waals surface area contributed by atoms with Crippen LogP contribution in [0.2, 0.25) is 5.02 Å². The van der Waals surface area contributed by atoms with Crippen molar-refractivity contribution in [3.63, 3.8) is 0 Å². The Hall–Kier alpha value is -1.59. The summed E-state index contributed by atoms with van der Waals surface area (Å²) < 4.78 is 0. The summed E-state index contributed by atoms with van der Waals surface area (Å²) in [6.45, 7) is 4.68. The van der Waals surface area contributed by atoms with E-state index in [2.05, 4.69) is 15.5 Å². The van der Waals surface area contributed by atoms with Gasteiger partial charge in [-0.2, -0.15) is 0 Å². The van der Waals surface area contributed by atoms with E-state index in [0.717, 1.165) is 37.5 Å². The summed E-state index contributed by atoms with van der Waals surface area (Å²) in [5.74, 6) is -0.772. The number of carbonyl (C=O) groups excluding carboxylic acids is 2. The number of nitrogens with zero attached hydrogens (tertiary/aromatic N) is 1. The molecule has 1 aromatic rings. The smallest absolute Gasteiger partial charge is 0.313 e. The van der Waals surface area contributed by atoms with Crippen LogP contribution >= 0.6 is 11.6 Å². The number of amides is 2. The van der Waals surface area contributed by atoms with Gasteiger partial charge in [0.25, 0.3) is 0 Å². The molecular weight excluding hydrogens is 350 g/mol. The molecule has 1 heterocycles. The summed E-state index contributed by atoms with van der Waals surface area (Å²) in [7, 11) is 0. The fraction of sp³-hybridized carbons (Fsp3) is 0.600. The number of carbonyl (C=O) groups is 2. The third kappa shape index (κ3) is 4.98. The lowest BCUT2D eigenvalue weighted by Gasteiger charge is -2.36. The second-order valence-electron chi connectivity index (χ2n) is 7.55. The van der Waals surface area contributed by atoms with E-state index in [4.69, 9.17) is 11.6 Å². The van der Waals surface area contributed by atoms with Gasteiger partial charge in [0.2, 0.25) is 0 Å². The standard InChI is InChI=1S/C20H28ClN3O2/c1-14-6-7-16(12-18(14)21)23-20(26)19(25)22-13-15-8-10-24(11-9-15)17-4-2-3-5-17/h6-7,12,15,17H,2-5,8-11,13H2,1H3,(H,22,25)(H,23,26). The number of halogens is 1. The van der Waals surface area contributed by atoms with Gasteiger partial charge in [0, 0.05) is 23.3 Å². The molecule has 0 aromatic heterocycles.